The number of benzene rings is 2. The monoisotopic (exact) mass is 1380 g/mol. The summed E-state index contributed by atoms with van der Waals surface area (Å²) in [6, 6.07) is -1.00. The second kappa shape index (κ2) is 34.4. The maximum absolute atomic E-state index is 14.9. The van der Waals surface area contributed by atoms with Gasteiger partial charge in [0, 0.05) is 74.1 Å². The third kappa shape index (κ3) is 19.6. The van der Waals surface area contributed by atoms with Crippen LogP contribution in [0.5, 0.6) is 5.75 Å². The largest absolute Gasteiger partial charge is 0.508 e. The Labute approximate surface area is 567 Å². The number of aromatic hydroxyl groups is 1. The molecular weight excluding hydrogens is 1300 g/mol. The molecule has 4 unspecified atom stereocenters. The molecule has 2 aliphatic carbocycles. The van der Waals surface area contributed by atoms with Crippen LogP contribution in [0.1, 0.15) is 103 Å². The zero-order valence-corrected chi connectivity index (χ0v) is 56.2. The fraction of sp³-hybridized carbons (Fsp3) is 0.462. The van der Waals surface area contributed by atoms with Gasteiger partial charge in [0.25, 0.3) is 11.8 Å². The molecule has 0 aromatic heterocycles. The van der Waals surface area contributed by atoms with E-state index in [1.54, 1.807) is 19.9 Å². The molecule has 32 heteroatoms. The van der Waals surface area contributed by atoms with Crippen molar-refractivity contribution in [3.8, 4) is 5.75 Å². The SMILES string of the molecule is CCC(C)[C@H]1NC(=O)[C@H](c2ccc(O)cc2)NC(=O)C(O)CSSC[C@H](C(=O)N2CCC[C@@H]2C(=O)N[C@@H](CCCNC(=O)c2ccc(C3=C4C=CC(N(C)C)=CC4OC4=CC(=[N+](C)C)C=CC43)c(C(=O)O)c2)C(=O)NCN)NC(=O)[C@@H](CC(N)=O)NC(=O)[C@@H](CCC(N)=O)NC1=O. The number of phenolic OH excluding ortho intramolecular Hbond substituents is 1. The maximum atomic E-state index is 14.9. The van der Waals surface area contributed by atoms with Gasteiger partial charge in [0.05, 0.1) is 24.6 Å². The quantitative estimate of drug-likeness (QED) is 0.0302. The number of aromatic carboxylic acids is 1. The number of carboxylic acid groups (broad SMARTS) is 1. The van der Waals surface area contributed by atoms with Gasteiger partial charge in [0.1, 0.15) is 80.1 Å². The minimum Gasteiger partial charge on any atom is -0.508 e. The predicted octanol–water partition coefficient (Wildman–Crippen LogP) is -1.20. The standard InChI is InChI=1S/C65H84N14O16S2/c1-7-33(2)54-62(90)72-44(22-23-51(67)82)58(86)73-45(29-52(68)83)59(87)74-46(30-96-97-31-48(81)61(89)76-55(63(91)75-54)34-12-17-38(80)18-13-34)64(92)79-25-9-11-47(79)60(88)71-43(57(85)70-32-66)10-8-24-69-56(84)35-14-19-39(42(26-35)65(93)94)53-40-20-15-36(77(3)4)27-49(40)95-50-28-37(78(5)6)16-21-41(50)53/h12-21,26-28,33,40,43-48,50,54-55,81H,7-11,22-25,29-32,66H2,1-6H3,(H13-,67,68,69,70,71,72,73,74,75,76,80,82,83,84,85,86,87,88,89,90,91,93,94)/p+1/t33?,40?,43-,44+,45+,46+,47+,48?,50?,54+,55-/m0/s1. The van der Waals surface area contributed by atoms with Crippen molar-refractivity contribution in [3.05, 3.63) is 118 Å². The summed E-state index contributed by atoms with van der Waals surface area (Å²) in [6.07, 6.45) is 8.08. The zero-order valence-electron chi connectivity index (χ0n) is 54.6. The number of ether oxygens (including phenoxy) is 1. The van der Waals surface area contributed by atoms with E-state index in [1.807, 2.05) is 74.1 Å². The number of aliphatic hydroxyl groups is 1. The number of nitrogens with one attached hydrogen (secondary N) is 8. The van der Waals surface area contributed by atoms with Gasteiger partial charge in [-0.2, -0.15) is 0 Å². The first-order valence-corrected chi connectivity index (χ1v) is 34.1. The number of carboxylic acids is 1. The molecule has 0 bridgehead atoms. The molecule has 3 aliphatic heterocycles. The molecule has 11 atom stereocenters. The summed E-state index contributed by atoms with van der Waals surface area (Å²) in [6.45, 7) is 2.89. The lowest BCUT2D eigenvalue weighted by Crippen LogP contribution is -2.61. The van der Waals surface area contributed by atoms with Crippen LogP contribution >= 0.6 is 21.6 Å². The summed E-state index contributed by atoms with van der Waals surface area (Å²) < 4.78 is 8.48. The lowest BCUT2D eigenvalue weighted by Gasteiger charge is -2.37. The number of nitrogens with two attached hydrogens (primary N) is 3. The van der Waals surface area contributed by atoms with Crippen LogP contribution in [0, 0.1) is 11.8 Å². The van der Waals surface area contributed by atoms with Gasteiger partial charge in [-0.1, -0.05) is 72.2 Å². The Bertz CT molecular complexity index is 3590. The Hall–Kier alpha value is -9.53. The van der Waals surface area contributed by atoms with E-state index in [2.05, 4.69) is 42.5 Å². The van der Waals surface area contributed by atoms with E-state index in [-0.39, 0.29) is 85.8 Å². The first kappa shape index (κ1) is 74.9. The van der Waals surface area contributed by atoms with E-state index < -0.39 is 157 Å². The number of allylic oxidation sites excluding steroid dienone is 4. The number of carbonyl (C=O) groups excluding carboxylic acids is 11. The predicted molar refractivity (Wildman–Crippen MR) is 359 cm³/mol. The van der Waals surface area contributed by atoms with Crippen LogP contribution in [0.3, 0.4) is 0 Å². The number of aliphatic hydroxyl groups excluding tert-OH is 1. The highest BCUT2D eigenvalue weighted by molar-refractivity contribution is 8.76. The van der Waals surface area contributed by atoms with Gasteiger partial charge in [-0.3, -0.25) is 52.7 Å². The number of primary amides is 2. The van der Waals surface area contributed by atoms with Gasteiger partial charge >= 0.3 is 5.97 Å². The summed E-state index contributed by atoms with van der Waals surface area (Å²) in [4.78, 5) is 168. The van der Waals surface area contributed by atoms with Crippen LogP contribution in [0.2, 0.25) is 0 Å². The van der Waals surface area contributed by atoms with Gasteiger partial charge in [0.2, 0.25) is 58.9 Å². The van der Waals surface area contributed by atoms with Crippen LogP contribution in [0.15, 0.2) is 95.9 Å². The third-order valence-electron chi connectivity index (χ3n) is 16.9. The highest BCUT2D eigenvalue weighted by Gasteiger charge is 2.42. The normalized spacial score (nSPS) is 23.9. The average Bonchev–Trinajstić information content (AvgIpc) is 1.53. The van der Waals surface area contributed by atoms with Gasteiger partial charge in [-0.25, -0.2) is 9.37 Å². The van der Waals surface area contributed by atoms with Crippen molar-refractivity contribution in [2.24, 2.45) is 29.0 Å². The lowest BCUT2D eigenvalue weighted by molar-refractivity contribution is -0.462. The molecule has 0 radical (unpaired) electrons. The summed E-state index contributed by atoms with van der Waals surface area (Å²) >= 11 is 0. The molecule has 522 valence electrons. The number of carbonyl (C=O) groups is 12. The van der Waals surface area contributed by atoms with E-state index in [4.69, 9.17) is 21.9 Å². The Morgan fingerprint density at radius 2 is 1.55 bits per heavy atom. The van der Waals surface area contributed by atoms with Crippen LogP contribution in [0.25, 0.3) is 5.57 Å². The van der Waals surface area contributed by atoms with Gasteiger partial charge < -0.3 is 89.6 Å². The Kier molecular flexibility index (Phi) is 26.6. The highest BCUT2D eigenvalue weighted by Crippen LogP contribution is 2.45. The van der Waals surface area contributed by atoms with E-state index in [9.17, 15) is 72.9 Å². The van der Waals surface area contributed by atoms with E-state index >= 15 is 0 Å². The first-order valence-electron chi connectivity index (χ1n) is 31.6. The Morgan fingerprint density at radius 3 is 2.21 bits per heavy atom. The molecular formula is C65H85N14O16S2+. The van der Waals surface area contributed by atoms with Crippen molar-refractivity contribution in [3.63, 3.8) is 0 Å². The molecule has 5 aliphatic rings. The van der Waals surface area contributed by atoms with Gasteiger partial charge in [-0.15, -0.1) is 0 Å². The van der Waals surface area contributed by atoms with Crippen molar-refractivity contribution < 1.29 is 82.2 Å². The van der Waals surface area contributed by atoms with Crippen LogP contribution in [0.4, 0.5) is 0 Å². The van der Waals surface area contributed by atoms with E-state index in [1.165, 1.54) is 41.3 Å². The fourth-order valence-electron chi connectivity index (χ4n) is 11.4. The molecule has 3 heterocycles. The third-order valence-corrected chi connectivity index (χ3v) is 19.3. The number of fused-ring (bicyclic) bond motifs is 2. The number of amides is 11. The molecule has 17 N–H and O–H groups in total. The van der Waals surface area contributed by atoms with Crippen molar-refractivity contribution in [2.75, 3.05) is 59.5 Å². The van der Waals surface area contributed by atoms with Gasteiger partial charge in [0.15, 0.2) is 0 Å². The van der Waals surface area contributed by atoms with E-state index in [0.717, 1.165) is 38.6 Å². The highest BCUT2D eigenvalue weighted by atomic mass is 33.1. The first-order chi connectivity index (χ1) is 46.1. The van der Waals surface area contributed by atoms with Crippen LogP contribution in [-0.4, -0.2) is 214 Å². The smallest absolute Gasteiger partial charge is 0.336 e. The van der Waals surface area contributed by atoms with Crippen LogP contribution in [-0.2, 0) is 52.7 Å². The number of nitrogens with zero attached hydrogens (tertiary/aromatic N) is 3. The molecule has 2 saturated heterocycles. The molecule has 7 rings (SSSR count). The Balaban J connectivity index is 1.08. The fourth-order valence-corrected chi connectivity index (χ4v) is 13.6. The maximum Gasteiger partial charge on any atom is 0.336 e. The number of likely N-dealkylation sites (N-methyl/N-ethyl adjacent to an activating group) is 1. The second-order valence-corrected chi connectivity index (χ2v) is 26.8. The molecule has 0 spiro atoms. The molecule has 2 fully saturated rings. The second-order valence-electron chi connectivity index (χ2n) is 24.2. The average molecular weight is 1380 g/mol. The van der Waals surface area contributed by atoms with Crippen molar-refractivity contribution in [2.45, 2.75) is 120 Å². The number of phenols is 1. The van der Waals surface area contributed by atoms with Crippen molar-refractivity contribution in [1.82, 2.24) is 52.3 Å². The molecule has 97 heavy (non-hydrogen) atoms. The number of rotatable bonds is 21. The molecule has 11 amide bonds. The molecule has 30 nitrogen and oxygen atoms in total. The minimum absolute atomic E-state index is 0.0359. The lowest BCUT2D eigenvalue weighted by atomic mass is 9.78. The topological polar surface area (TPSA) is 459 Å². The Morgan fingerprint density at radius 1 is 0.845 bits per heavy atom. The molecule has 0 saturated carbocycles. The van der Waals surface area contributed by atoms with Crippen molar-refractivity contribution in [1.29, 1.82) is 0 Å². The van der Waals surface area contributed by atoms with Crippen molar-refractivity contribution >= 4 is 104 Å². The van der Waals surface area contributed by atoms with Gasteiger partial charge in [-0.05, 0) is 91.1 Å². The summed E-state index contributed by atoms with van der Waals surface area (Å²) in [5, 5.41) is 52.4. The van der Waals surface area contributed by atoms with Crippen LogP contribution < -0.4 is 59.7 Å². The summed E-state index contributed by atoms with van der Waals surface area (Å²) in [5.74, 6) is -12.7. The zero-order chi connectivity index (χ0) is 70.9. The molecule has 2 aromatic rings. The minimum atomic E-state index is -1.83. The number of hydrogen-bond donors (Lipinski definition) is 14. The summed E-state index contributed by atoms with van der Waals surface area (Å²) in [7, 11) is 9.38. The van der Waals surface area contributed by atoms with E-state index in [0.29, 0.717) is 16.9 Å². The number of hydrogen-bond acceptors (Lipinski definition) is 19. The number of likely N-dealkylation sites (tertiary alicyclic amines) is 1. The summed E-state index contributed by atoms with van der Waals surface area (Å²) in [5.41, 5.74) is 20.4. The molecule has 2 aromatic carbocycles.